The van der Waals surface area contributed by atoms with Crippen molar-refractivity contribution < 1.29 is 4.79 Å². The molecule has 0 saturated heterocycles. The van der Waals surface area contributed by atoms with Crippen LogP contribution in [-0.2, 0) is 13.1 Å². The van der Waals surface area contributed by atoms with Gasteiger partial charge in [-0.15, -0.1) is 5.10 Å². The van der Waals surface area contributed by atoms with Gasteiger partial charge in [0.15, 0.2) is 0 Å². The molecule has 3 rings (SSSR count). The molecule has 0 saturated carbocycles. The summed E-state index contributed by atoms with van der Waals surface area (Å²) in [7, 11) is 0. The smallest absolute Gasteiger partial charge is 0.264 e. The second-order valence-electron chi connectivity index (χ2n) is 4.44. The van der Waals surface area contributed by atoms with Crippen molar-refractivity contribution in [3.8, 4) is 0 Å². The quantitative estimate of drug-likeness (QED) is 0.778. The number of benzene rings is 1. The molecule has 2 aromatic heterocycles. The average Bonchev–Trinajstić information content (AvgIpc) is 3.19. The maximum Gasteiger partial charge on any atom is 0.264 e. The van der Waals surface area contributed by atoms with Crippen LogP contribution in [0.25, 0.3) is 0 Å². The van der Waals surface area contributed by atoms with E-state index in [9.17, 15) is 4.79 Å². The molecule has 0 unspecified atom stereocenters. The summed E-state index contributed by atoms with van der Waals surface area (Å²) in [6.45, 7) is 1.15. The summed E-state index contributed by atoms with van der Waals surface area (Å²) in [5.41, 5.74) is 2.20. The minimum absolute atomic E-state index is 0.154. The average molecular weight is 299 g/mol. The number of nitrogens with one attached hydrogen (secondary N) is 1. The van der Waals surface area contributed by atoms with Gasteiger partial charge < -0.3 is 5.32 Å². The van der Waals surface area contributed by atoms with Crippen LogP contribution in [-0.4, -0.2) is 25.3 Å². The highest BCUT2D eigenvalue weighted by Crippen LogP contribution is 2.11. The molecular weight excluding hydrogens is 286 g/mol. The molecule has 0 spiro atoms. The number of nitrogens with zero attached hydrogens (tertiary/aromatic N) is 4. The van der Waals surface area contributed by atoms with E-state index in [1.54, 1.807) is 6.20 Å². The molecule has 0 aliphatic carbocycles. The lowest BCUT2D eigenvalue weighted by molar-refractivity contribution is 0.0954. The molecule has 3 aromatic rings. The predicted octanol–water partition coefficient (Wildman–Crippen LogP) is 1.71. The van der Waals surface area contributed by atoms with Gasteiger partial charge in [-0.2, -0.15) is 5.10 Å². The van der Waals surface area contributed by atoms with Crippen LogP contribution in [0.4, 0.5) is 0 Å². The van der Waals surface area contributed by atoms with Gasteiger partial charge in [-0.3, -0.25) is 9.48 Å². The minimum atomic E-state index is -0.154. The van der Waals surface area contributed by atoms with Crippen molar-refractivity contribution in [2.45, 2.75) is 13.1 Å². The molecule has 21 heavy (non-hydrogen) atoms. The second-order valence-corrected chi connectivity index (χ2v) is 5.22. The van der Waals surface area contributed by atoms with Gasteiger partial charge in [0.25, 0.3) is 5.91 Å². The van der Waals surface area contributed by atoms with Gasteiger partial charge in [-0.25, -0.2) is 0 Å². The molecule has 0 atom stereocenters. The Kier molecular flexibility index (Phi) is 4.02. The molecular formula is C14H13N5OS. The van der Waals surface area contributed by atoms with Gasteiger partial charge in [0.2, 0.25) is 0 Å². The van der Waals surface area contributed by atoms with Crippen LogP contribution in [0.1, 0.15) is 20.8 Å². The van der Waals surface area contributed by atoms with Crippen molar-refractivity contribution in [3.63, 3.8) is 0 Å². The zero-order valence-corrected chi connectivity index (χ0v) is 12.0. The highest BCUT2D eigenvalue weighted by atomic mass is 32.1. The Bertz CT molecular complexity index is 709. The van der Waals surface area contributed by atoms with Gasteiger partial charge in [0.1, 0.15) is 4.88 Å². The maximum atomic E-state index is 11.9. The molecule has 1 amide bonds. The van der Waals surface area contributed by atoms with E-state index >= 15 is 0 Å². The molecule has 0 aliphatic rings. The number of aromatic nitrogens is 4. The number of rotatable bonds is 5. The SMILES string of the molecule is O=C(NCc1ccccc1Cn1cccn1)c1cnns1. The fourth-order valence-electron chi connectivity index (χ4n) is 1.98. The summed E-state index contributed by atoms with van der Waals surface area (Å²) in [5.74, 6) is -0.154. The first kappa shape index (κ1) is 13.4. The first-order valence-electron chi connectivity index (χ1n) is 6.42. The van der Waals surface area contributed by atoms with Crippen molar-refractivity contribution in [3.05, 3.63) is 64.9 Å². The number of carbonyl (C=O) groups is 1. The first-order chi connectivity index (χ1) is 10.3. The third-order valence-corrected chi connectivity index (χ3v) is 3.70. The lowest BCUT2D eigenvalue weighted by atomic mass is 10.1. The lowest BCUT2D eigenvalue weighted by Gasteiger charge is -2.10. The van der Waals surface area contributed by atoms with E-state index in [4.69, 9.17) is 0 Å². The van der Waals surface area contributed by atoms with E-state index in [2.05, 4.69) is 20.0 Å². The van der Waals surface area contributed by atoms with Crippen molar-refractivity contribution in [2.24, 2.45) is 0 Å². The Labute approximate surface area is 125 Å². The Morgan fingerprint density at radius 2 is 2.10 bits per heavy atom. The molecule has 0 radical (unpaired) electrons. The standard InChI is InChI=1S/C14H13N5OS/c20-14(13-9-16-18-21-13)15-8-11-4-1-2-5-12(11)10-19-7-3-6-17-19/h1-7,9H,8,10H2,(H,15,20). The monoisotopic (exact) mass is 299 g/mol. The third kappa shape index (κ3) is 3.32. The van der Waals surface area contributed by atoms with Gasteiger partial charge in [-0.05, 0) is 28.7 Å². The number of carbonyl (C=O) groups excluding carboxylic acids is 1. The van der Waals surface area contributed by atoms with Crippen LogP contribution in [0.5, 0.6) is 0 Å². The topological polar surface area (TPSA) is 72.7 Å². The van der Waals surface area contributed by atoms with Crippen LogP contribution in [0.15, 0.2) is 48.9 Å². The van der Waals surface area contributed by atoms with Crippen molar-refractivity contribution in [1.82, 2.24) is 24.7 Å². The maximum absolute atomic E-state index is 11.9. The van der Waals surface area contributed by atoms with E-state index in [1.165, 1.54) is 6.20 Å². The van der Waals surface area contributed by atoms with Crippen LogP contribution < -0.4 is 5.32 Å². The summed E-state index contributed by atoms with van der Waals surface area (Å²) < 4.78 is 5.54. The number of hydrogen-bond donors (Lipinski definition) is 1. The van der Waals surface area contributed by atoms with E-state index < -0.39 is 0 Å². The van der Waals surface area contributed by atoms with Gasteiger partial charge in [-0.1, -0.05) is 28.8 Å². The second kappa shape index (κ2) is 6.27. The van der Waals surface area contributed by atoms with Gasteiger partial charge in [0.05, 0.1) is 12.7 Å². The van der Waals surface area contributed by atoms with Crippen LogP contribution >= 0.6 is 11.5 Å². The normalized spacial score (nSPS) is 10.5. The first-order valence-corrected chi connectivity index (χ1v) is 7.20. The van der Waals surface area contributed by atoms with Crippen molar-refractivity contribution in [2.75, 3.05) is 0 Å². The summed E-state index contributed by atoms with van der Waals surface area (Å²) in [4.78, 5) is 12.4. The molecule has 106 valence electrons. The summed E-state index contributed by atoms with van der Waals surface area (Å²) in [6.07, 6.45) is 5.13. The van der Waals surface area contributed by atoms with Gasteiger partial charge >= 0.3 is 0 Å². The minimum Gasteiger partial charge on any atom is -0.347 e. The zero-order chi connectivity index (χ0) is 14.5. The highest BCUT2D eigenvalue weighted by molar-refractivity contribution is 7.07. The van der Waals surface area contributed by atoms with E-state index in [0.717, 1.165) is 22.7 Å². The third-order valence-electron chi connectivity index (χ3n) is 3.03. The van der Waals surface area contributed by atoms with E-state index in [-0.39, 0.29) is 5.91 Å². The molecule has 1 N–H and O–H groups in total. The molecule has 0 bridgehead atoms. The van der Waals surface area contributed by atoms with Crippen molar-refractivity contribution in [1.29, 1.82) is 0 Å². The summed E-state index contributed by atoms with van der Waals surface area (Å²) in [5, 5.41) is 10.7. The lowest BCUT2D eigenvalue weighted by Crippen LogP contribution is -2.22. The summed E-state index contributed by atoms with van der Waals surface area (Å²) in [6, 6.07) is 9.88. The molecule has 2 heterocycles. The highest BCUT2D eigenvalue weighted by Gasteiger charge is 2.09. The van der Waals surface area contributed by atoms with E-state index in [1.807, 2.05) is 41.2 Å². The number of amides is 1. The zero-order valence-electron chi connectivity index (χ0n) is 11.1. The van der Waals surface area contributed by atoms with Crippen molar-refractivity contribution >= 4 is 17.4 Å². The largest absolute Gasteiger partial charge is 0.347 e. The van der Waals surface area contributed by atoms with Crippen LogP contribution in [0.2, 0.25) is 0 Å². The molecule has 0 aliphatic heterocycles. The van der Waals surface area contributed by atoms with E-state index in [0.29, 0.717) is 18.0 Å². The Balaban J connectivity index is 1.69. The Morgan fingerprint density at radius 3 is 2.81 bits per heavy atom. The Morgan fingerprint density at radius 1 is 1.24 bits per heavy atom. The van der Waals surface area contributed by atoms with Crippen LogP contribution in [0.3, 0.4) is 0 Å². The molecule has 0 fully saturated rings. The fraction of sp³-hybridized carbons (Fsp3) is 0.143. The molecule has 6 nitrogen and oxygen atoms in total. The molecule has 7 heteroatoms. The molecule has 1 aromatic carbocycles. The fourth-order valence-corrected chi connectivity index (χ4v) is 2.41. The predicted molar refractivity (Wildman–Crippen MR) is 78.9 cm³/mol. The van der Waals surface area contributed by atoms with Crippen LogP contribution in [0, 0.1) is 0 Å². The van der Waals surface area contributed by atoms with Gasteiger partial charge in [0, 0.05) is 18.9 Å². The number of hydrogen-bond acceptors (Lipinski definition) is 5. The summed E-state index contributed by atoms with van der Waals surface area (Å²) >= 11 is 1.09. The Hall–Kier alpha value is -2.54.